The number of carboxylic acid groups (broad SMARTS) is 1. The van der Waals surface area contributed by atoms with E-state index in [0.717, 1.165) is 0 Å². The highest BCUT2D eigenvalue weighted by molar-refractivity contribution is 5.85. The van der Waals surface area contributed by atoms with Crippen molar-refractivity contribution in [3.63, 3.8) is 0 Å². The Hall–Kier alpha value is -1.50. The second kappa shape index (κ2) is 7.75. The standard InChI is InChI=1S/C12H18N2O4/c1-18-8-6-14(5-7-15)9-10-3-2-4-11(13-10)12(16)17/h2-4,15H,5-9H2,1H3,(H,16,17). The molecular weight excluding hydrogens is 236 g/mol. The molecule has 0 unspecified atom stereocenters. The third-order valence-corrected chi connectivity index (χ3v) is 2.44. The van der Waals surface area contributed by atoms with Crippen molar-refractivity contribution in [3.05, 3.63) is 29.6 Å². The summed E-state index contributed by atoms with van der Waals surface area (Å²) in [7, 11) is 1.61. The van der Waals surface area contributed by atoms with Gasteiger partial charge in [-0.25, -0.2) is 9.78 Å². The highest BCUT2D eigenvalue weighted by Crippen LogP contribution is 2.04. The van der Waals surface area contributed by atoms with E-state index in [1.165, 1.54) is 6.07 Å². The zero-order valence-electron chi connectivity index (χ0n) is 10.4. The van der Waals surface area contributed by atoms with Crippen LogP contribution in [0.15, 0.2) is 18.2 Å². The fraction of sp³-hybridized carbons (Fsp3) is 0.500. The number of pyridine rings is 1. The number of carbonyl (C=O) groups is 1. The van der Waals surface area contributed by atoms with Crippen LogP contribution in [-0.4, -0.2) is 59.5 Å². The first-order chi connectivity index (χ1) is 8.67. The first-order valence-corrected chi connectivity index (χ1v) is 5.68. The van der Waals surface area contributed by atoms with Crippen molar-refractivity contribution < 1.29 is 19.7 Å². The van der Waals surface area contributed by atoms with Crippen molar-refractivity contribution >= 4 is 5.97 Å². The van der Waals surface area contributed by atoms with E-state index in [0.29, 0.717) is 31.9 Å². The molecule has 1 rings (SSSR count). The number of ether oxygens (including phenoxy) is 1. The van der Waals surface area contributed by atoms with E-state index in [9.17, 15) is 4.79 Å². The second-order valence-electron chi connectivity index (χ2n) is 3.81. The van der Waals surface area contributed by atoms with Gasteiger partial charge < -0.3 is 14.9 Å². The van der Waals surface area contributed by atoms with Gasteiger partial charge in [0.2, 0.25) is 0 Å². The Morgan fingerprint density at radius 1 is 1.44 bits per heavy atom. The lowest BCUT2D eigenvalue weighted by molar-refractivity contribution is 0.0689. The summed E-state index contributed by atoms with van der Waals surface area (Å²) in [5.41, 5.74) is 0.697. The first kappa shape index (κ1) is 14.6. The molecule has 0 saturated heterocycles. The molecule has 0 amide bonds. The summed E-state index contributed by atoms with van der Waals surface area (Å²) in [5.74, 6) is -1.04. The van der Waals surface area contributed by atoms with Crippen LogP contribution in [0.4, 0.5) is 0 Å². The van der Waals surface area contributed by atoms with Crippen molar-refractivity contribution in [1.29, 1.82) is 0 Å². The largest absolute Gasteiger partial charge is 0.477 e. The van der Waals surface area contributed by atoms with Gasteiger partial charge in [0.25, 0.3) is 0 Å². The number of aliphatic hydroxyl groups is 1. The maximum absolute atomic E-state index is 10.8. The van der Waals surface area contributed by atoms with Crippen molar-refractivity contribution in [2.24, 2.45) is 0 Å². The molecule has 1 aromatic heterocycles. The van der Waals surface area contributed by atoms with Crippen molar-refractivity contribution in [2.45, 2.75) is 6.54 Å². The van der Waals surface area contributed by atoms with Crippen molar-refractivity contribution in [2.75, 3.05) is 33.4 Å². The topological polar surface area (TPSA) is 82.9 Å². The van der Waals surface area contributed by atoms with Crippen LogP contribution < -0.4 is 0 Å². The minimum Gasteiger partial charge on any atom is -0.477 e. The molecule has 0 aliphatic rings. The fourth-order valence-electron chi connectivity index (χ4n) is 1.55. The zero-order chi connectivity index (χ0) is 13.4. The molecule has 0 atom stereocenters. The molecule has 100 valence electrons. The Labute approximate surface area is 106 Å². The number of aliphatic hydroxyl groups excluding tert-OH is 1. The highest BCUT2D eigenvalue weighted by atomic mass is 16.5. The number of hydrogen-bond donors (Lipinski definition) is 2. The van der Waals surface area contributed by atoms with Crippen LogP contribution in [0, 0.1) is 0 Å². The zero-order valence-corrected chi connectivity index (χ0v) is 10.4. The molecule has 0 bridgehead atoms. The summed E-state index contributed by atoms with van der Waals surface area (Å²) in [6.07, 6.45) is 0. The molecule has 6 nitrogen and oxygen atoms in total. The Balaban J connectivity index is 2.67. The van der Waals surface area contributed by atoms with Crippen LogP contribution in [0.5, 0.6) is 0 Å². The number of methoxy groups -OCH3 is 1. The minimum absolute atomic E-state index is 0.0307. The Kier molecular flexibility index (Phi) is 6.27. The number of aromatic nitrogens is 1. The first-order valence-electron chi connectivity index (χ1n) is 5.68. The molecule has 0 aromatic carbocycles. The van der Waals surface area contributed by atoms with Gasteiger partial charge in [0.15, 0.2) is 0 Å². The van der Waals surface area contributed by atoms with Crippen LogP contribution >= 0.6 is 0 Å². The molecule has 0 spiro atoms. The summed E-state index contributed by atoms with van der Waals surface area (Å²) < 4.78 is 4.98. The third kappa shape index (κ3) is 4.79. The van der Waals surface area contributed by atoms with Gasteiger partial charge in [-0.05, 0) is 12.1 Å². The van der Waals surface area contributed by atoms with Gasteiger partial charge in [-0.2, -0.15) is 0 Å². The van der Waals surface area contributed by atoms with Gasteiger partial charge >= 0.3 is 5.97 Å². The smallest absolute Gasteiger partial charge is 0.354 e. The summed E-state index contributed by atoms with van der Waals surface area (Å²) in [4.78, 5) is 16.8. The lowest BCUT2D eigenvalue weighted by Gasteiger charge is -2.20. The van der Waals surface area contributed by atoms with Crippen LogP contribution in [0.1, 0.15) is 16.2 Å². The molecule has 0 saturated carbocycles. The maximum Gasteiger partial charge on any atom is 0.354 e. The second-order valence-corrected chi connectivity index (χ2v) is 3.81. The van der Waals surface area contributed by atoms with Crippen molar-refractivity contribution in [3.8, 4) is 0 Å². The quantitative estimate of drug-likeness (QED) is 0.690. The molecule has 2 N–H and O–H groups in total. The molecule has 6 heteroatoms. The lowest BCUT2D eigenvalue weighted by atomic mass is 10.3. The number of hydrogen-bond acceptors (Lipinski definition) is 5. The lowest BCUT2D eigenvalue weighted by Crippen LogP contribution is -2.30. The Morgan fingerprint density at radius 2 is 2.22 bits per heavy atom. The number of aromatic carboxylic acids is 1. The van der Waals surface area contributed by atoms with Gasteiger partial charge in [-0.15, -0.1) is 0 Å². The van der Waals surface area contributed by atoms with E-state index in [2.05, 4.69) is 4.98 Å². The van der Waals surface area contributed by atoms with Crippen LogP contribution in [0.2, 0.25) is 0 Å². The predicted molar refractivity (Wildman–Crippen MR) is 65.4 cm³/mol. The normalized spacial score (nSPS) is 10.8. The molecule has 0 aliphatic carbocycles. The summed E-state index contributed by atoms with van der Waals surface area (Å²) >= 11 is 0. The molecule has 0 fully saturated rings. The van der Waals surface area contributed by atoms with Gasteiger partial charge in [-0.1, -0.05) is 6.07 Å². The van der Waals surface area contributed by atoms with E-state index < -0.39 is 5.97 Å². The SMILES string of the molecule is COCCN(CCO)Cc1cccc(C(=O)O)n1. The van der Waals surface area contributed by atoms with E-state index in [1.807, 2.05) is 4.90 Å². The van der Waals surface area contributed by atoms with Crippen molar-refractivity contribution in [1.82, 2.24) is 9.88 Å². The van der Waals surface area contributed by atoms with Gasteiger partial charge in [0.1, 0.15) is 5.69 Å². The molecule has 0 aliphatic heterocycles. The summed E-state index contributed by atoms with van der Waals surface area (Å²) in [6, 6.07) is 4.89. The Bertz CT molecular complexity index is 384. The fourth-order valence-corrected chi connectivity index (χ4v) is 1.55. The summed E-state index contributed by atoms with van der Waals surface area (Å²) in [6.45, 7) is 2.25. The molecule has 1 aromatic rings. The van der Waals surface area contributed by atoms with Gasteiger partial charge in [-0.3, -0.25) is 4.90 Å². The van der Waals surface area contributed by atoms with Gasteiger partial charge in [0, 0.05) is 26.7 Å². The maximum atomic E-state index is 10.8. The van der Waals surface area contributed by atoms with E-state index >= 15 is 0 Å². The number of nitrogens with zero attached hydrogens (tertiary/aromatic N) is 2. The highest BCUT2D eigenvalue weighted by Gasteiger charge is 2.09. The van der Waals surface area contributed by atoms with Gasteiger partial charge in [0.05, 0.1) is 18.9 Å². The molecule has 1 heterocycles. The molecular formula is C12H18N2O4. The average Bonchev–Trinajstić information content (AvgIpc) is 2.36. The molecule has 0 radical (unpaired) electrons. The van der Waals surface area contributed by atoms with E-state index in [4.69, 9.17) is 14.9 Å². The molecule has 18 heavy (non-hydrogen) atoms. The number of carboxylic acids is 1. The van der Waals surface area contributed by atoms with E-state index in [-0.39, 0.29) is 12.3 Å². The van der Waals surface area contributed by atoms with Crippen LogP contribution in [0.25, 0.3) is 0 Å². The monoisotopic (exact) mass is 254 g/mol. The predicted octanol–water partition coefficient (Wildman–Crippen LogP) is 0.220. The minimum atomic E-state index is -1.04. The van der Waals surface area contributed by atoms with Crippen LogP contribution in [0.3, 0.4) is 0 Å². The van der Waals surface area contributed by atoms with Crippen LogP contribution in [-0.2, 0) is 11.3 Å². The Morgan fingerprint density at radius 3 is 2.83 bits per heavy atom. The average molecular weight is 254 g/mol. The number of rotatable bonds is 8. The summed E-state index contributed by atoms with van der Waals surface area (Å²) in [5, 5.41) is 17.8. The van der Waals surface area contributed by atoms with E-state index in [1.54, 1.807) is 19.2 Å². The third-order valence-electron chi connectivity index (χ3n) is 2.44.